The molecule has 21 heavy (non-hydrogen) atoms. The van der Waals surface area contributed by atoms with Gasteiger partial charge in [-0.25, -0.2) is 15.2 Å². The Morgan fingerprint density at radius 3 is 3.00 bits per heavy atom. The van der Waals surface area contributed by atoms with Gasteiger partial charge in [-0.3, -0.25) is 4.79 Å². The first-order chi connectivity index (χ1) is 10.2. The van der Waals surface area contributed by atoms with Gasteiger partial charge in [0.25, 0.3) is 0 Å². The summed E-state index contributed by atoms with van der Waals surface area (Å²) in [5, 5.41) is 0. The van der Waals surface area contributed by atoms with Gasteiger partial charge in [0.15, 0.2) is 0 Å². The van der Waals surface area contributed by atoms with Gasteiger partial charge in [0.1, 0.15) is 11.6 Å². The molecular formula is C15H15FN4O. The molecule has 3 N–H and O–H groups in total. The second-order valence-electron chi connectivity index (χ2n) is 4.91. The van der Waals surface area contributed by atoms with Crippen molar-refractivity contribution in [1.29, 1.82) is 0 Å². The molecule has 6 heteroatoms. The first-order valence-electron chi connectivity index (χ1n) is 6.68. The SMILES string of the molecule is NNc1ncccc1CN1C(=O)CCc2ccc(F)cc21. The predicted octanol–water partition coefficient (Wildman–Crippen LogP) is 1.99. The number of aryl methyl sites for hydroxylation is 1. The number of pyridine rings is 1. The summed E-state index contributed by atoms with van der Waals surface area (Å²) in [4.78, 5) is 17.9. The highest BCUT2D eigenvalue weighted by Gasteiger charge is 2.25. The summed E-state index contributed by atoms with van der Waals surface area (Å²) in [7, 11) is 0. The zero-order valence-electron chi connectivity index (χ0n) is 11.3. The number of halogens is 1. The van der Waals surface area contributed by atoms with Crippen LogP contribution >= 0.6 is 0 Å². The van der Waals surface area contributed by atoms with Gasteiger partial charge in [0.2, 0.25) is 5.91 Å². The molecule has 0 spiro atoms. The van der Waals surface area contributed by atoms with E-state index in [4.69, 9.17) is 5.84 Å². The average Bonchev–Trinajstić information content (AvgIpc) is 2.50. The van der Waals surface area contributed by atoms with Crippen molar-refractivity contribution >= 4 is 17.4 Å². The summed E-state index contributed by atoms with van der Waals surface area (Å²) in [5.74, 6) is 5.56. The molecule has 3 rings (SSSR count). The van der Waals surface area contributed by atoms with Gasteiger partial charge in [0, 0.05) is 18.2 Å². The van der Waals surface area contributed by atoms with Crippen LogP contribution in [0.4, 0.5) is 15.9 Å². The van der Waals surface area contributed by atoms with E-state index in [1.807, 2.05) is 6.07 Å². The molecule has 0 fully saturated rings. The number of rotatable bonds is 3. The van der Waals surface area contributed by atoms with E-state index >= 15 is 0 Å². The monoisotopic (exact) mass is 286 g/mol. The largest absolute Gasteiger partial charge is 0.308 e. The molecule has 2 heterocycles. The summed E-state index contributed by atoms with van der Waals surface area (Å²) < 4.78 is 13.5. The van der Waals surface area contributed by atoms with Crippen molar-refractivity contribution in [3.8, 4) is 0 Å². The summed E-state index contributed by atoms with van der Waals surface area (Å²) in [6.45, 7) is 0.308. The fourth-order valence-electron chi connectivity index (χ4n) is 2.55. The third-order valence-corrected chi connectivity index (χ3v) is 3.60. The number of fused-ring (bicyclic) bond motifs is 1. The Morgan fingerprint density at radius 2 is 2.19 bits per heavy atom. The summed E-state index contributed by atoms with van der Waals surface area (Å²) >= 11 is 0. The zero-order chi connectivity index (χ0) is 14.8. The smallest absolute Gasteiger partial charge is 0.227 e. The molecule has 0 aliphatic carbocycles. The molecular weight excluding hydrogens is 271 g/mol. The topological polar surface area (TPSA) is 71.2 Å². The van der Waals surface area contributed by atoms with Crippen LogP contribution in [0.5, 0.6) is 0 Å². The van der Waals surface area contributed by atoms with Gasteiger partial charge in [0.05, 0.1) is 12.2 Å². The maximum Gasteiger partial charge on any atom is 0.227 e. The highest BCUT2D eigenvalue weighted by Crippen LogP contribution is 2.30. The molecule has 0 radical (unpaired) electrons. The number of nitrogens with one attached hydrogen (secondary N) is 1. The highest BCUT2D eigenvalue weighted by atomic mass is 19.1. The van der Waals surface area contributed by atoms with Gasteiger partial charge >= 0.3 is 0 Å². The fraction of sp³-hybridized carbons (Fsp3) is 0.200. The van der Waals surface area contributed by atoms with Crippen LogP contribution in [-0.4, -0.2) is 10.9 Å². The number of nitrogens with zero attached hydrogens (tertiary/aromatic N) is 2. The number of aromatic nitrogens is 1. The van der Waals surface area contributed by atoms with Crippen molar-refractivity contribution in [3.05, 3.63) is 53.5 Å². The minimum atomic E-state index is -0.350. The van der Waals surface area contributed by atoms with E-state index < -0.39 is 0 Å². The lowest BCUT2D eigenvalue weighted by Gasteiger charge is -2.30. The van der Waals surface area contributed by atoms with E-state index in [1.165, 1.54) is 12.1 Å². The molecule has 1 aliphatic heterocycles. The number of carbonyl (C=O) groups is 1. The third-order valence-electron chi connectivity index (χ3n) is 3.60. The number of nitrogens with two attached hydrogens (primary N) is 1. The van der Waals surface area contributed by atoms with Crippen LogP contribution in [0.3, 0.4) is 0 Å². The Labute approximate surface area is 121 Å². The van der Waals surface area contributed by atoms with Crippen LogP contribution < -0.4 is 16.2 Å². The molecule has 0 bridgehead atoms. The van der Waals surface area contributed by atoms with Crippen molar-refractivity contribution in [2.45, 2.75) is 19.4 Å². The van der Waals surface area contributed by atoms with Gasteiger partial charge in [-0.15, -0.1) is 0 Å². The number of hydrogen-bond acceptors (Lipinski definition) is 4. The molecule has 5 nitrogen and oxygen atoms in total. The number of carbonyl (C=O) groups excluding carboxylic acids is 1. The van der Waals surface area contributed by atoms with E-state index in [9.17, 15) is 9.18 Å². The molecule has 1 aromatic heterocycles. The Balaban J connectivity index is 1.98. The minimum absolute atomic E-state index is 0.0278. The molecule has 108 valence electrons. The quantitative estimate of drug-likeness (QED) is 0.668. The van der Waals surface area contributed by atoms with Crippen molar-refractivity contribution in [2.24, 2.45) is 5.84 Å². The van der Waals surface area contributed by atoms with Crippen molar-refractivity contribution in [3.63, 3.8) is 0 Å². The van der Waals surface area contributed by atoms with Crippen molar-refractivity contribution < 1.29 is 9.18 Å². The van der Waals surface area contributed by atoms with E-state index in [1.54, 1.807) is 23.2 Å². The number of anilines is 2. The first kappa shape index (κ1) is 13.5. The molecule has 0 unspecified atom stereocenters. The normalized spacial score (nSPS) is 14.0. The summed E-state index contributed by atoms with van der Waals surface area (Å²) in [6, 6.07) is 8.16. The Bertz CT molecular complexity index is 689. The number of nitrogen functional groups attached to an aromatic ring is 1. The lowest BCUT2D eigenvalue weighted by atomic mass is 10.0. The van der Waals surface area contributed by atoms with Crippen LogP contribution in [0.15, 0.2) is 36.5 Å². The van der Waals surface area contributed by atoms with Gasteiger partial charge in [-0.1, -0.05) is 12.1 Å². The molecule has 0 saturated heterocycles. The van der Waals surface area contributed by atoms with Crippen molar-refractivity contribution in [2.75, 3.05) is 10.3 Å². The van der Waals surface area contributed by atoms with E-state index in [2.05, 4.69) is 10.4 Å². The molecule has 0 saturated carbocycles. The second kappa shape index (κ2) is 5.49. The van der Waals surface area contributed by atoms with Crippen molar-refractivity contribution in [1.82, 2.24) is 4.98 Å². The standard InChI is InChI=1S/C15H15FN4O/c16-12-5-3-10-4-6-14(21)20(13(10)8-12)9-11-2-1-7-18-15(11)19-17/h1-3,5,7-8H,4,6,9,17H2,(H,18,19). The Morgan fingerprint density at radius 1 is 1.33 bits per heavy atom. The minimum Gasteiger partial charge on any atom is -0.308 e. The highest BCUT2D eigenvalue weighted by molar-refractivity contribution is 5.96. The molecule has 1 aromatic carbocycles. The number of hydrogen-bond donors (Lipinski definition) is 2. The molecule has 1 aliphatic rings. The summed E-state index contributed by atoms with van der Waals surface area (Å²) in [6.07, 6.45) is 2.68. The molecule has 2 aromatic rings. The van der Waals surface area contributed by atoms with E-state index in [0.717, 1.165) is 11.1 Å². The molecule has 1 amide bonds. The molecule has 0 atom stereocenters. The van der Waals surface area contributed by atoms with Crippen LogP contribution in [0, 0.1) is 5.82 Å². The lowest BCUT2D eigenvalue weighted by Crippen LogP contribution is -2.35. The average molecular weight is 286 g/mol. The van der Waals surface area contributed by atoms with Crippen LogP contribution in [-0.2, 0) is 17.8 Å². The third kappa shape index (κ3) is 2.57. The van der Waals surface area contributed by atoms with Crippen LogP contribution in [0.2, 0.25) is 0 Å². The maximum absolute atomic E-state index is 13.5. The van der Waals surface area contributed by atoms with E-state index in [-0.39, 0.29) is 11.7 Å². The van der Waals surface area contributed by atoms with Gasteiger partial charge in [-0.05, 0) is 30.2 Å². The maximum atomic E-state index is 13.5. The number of benzene rings is 1. The lowest BCUT2D eigenvalue weighted by molar-refractivity contribution is -0.119. The summed E-state index contributed by atoms with van der Waals surface area (Å²) in [5.41, 5.74) is 4.89. The van der Waals surface area contributed by atoms with E-state index in [0.29, 0.717) is 30.9 Å². The van der Waals surface area contributed by atoms with Gasteiger partial charge < -0.3 is 10.3 Å². The second-order valence-corrected chi connectivity index (χ2v) is 4.91. The fourth-order valence-corrected chi connectivity index (χ4v) is 2.55. The van der Waals surface area contributed by atoms with Gasteiger partial charge in [-0.2, -0.15) is 0 Å². The van der Waals surface area contributed by atoms with Crippen LogP contribution in [0.25, 0.3) is 0 Å². The first-order valence-corrected chi connectivity index (χ1v) is 6.68. The zero-order valence-corrected chi connectivity index (χ0v) is 11.3. The van der Waals surface area contributed by atoms with Crippen LogP contribution in [0.1, 0.15) is 17.5 Å². The predicted molar refractivity (Wildman–Crippen MR) is 78.0 cm³/mol. The Hall–Kier alpha value is -2.47. The Kier molecular flexibility index (Phi) is 3.53. The number of amides is 1. The number of hydrazine groups is 1.